The minimum Gasteiger partial charge on any atom is -0.334 e. The number of fused-ring (bicyclic) bond motifs is 2. The van der Waals surface area contributed by atoms with Gasteiger partial charge in [0.15, 0.2) is 0 Å². The summed E-state index contributed by atoms with van der Waals surface area (Å²) in [6, 6.07) is 0.675. The van der Waals surface area contributed by atoms with Crippen molar-refractivity contribution in [3.05, 3.63) is 18.7 Å². The van der Waals surface area contributed by atoms with Crippen molar-refractivity contribution >= 4 is 0 Å². The van der Waals surface area contributed by atoms with Crippen LogP contribution in [0.5, 0.6) is 0 Å². The Morgan fingerprint density at radius 2 is 2.13 bits per heavy atom. The number of nitrogens with zero attached hydrogens (tertiary/aromatic N) is 2. The highest BCUT2D eigenvalue weighted by Gasteiger charge is 2.61. The van der Waals surface area contributed by atoms with Gasteiger partial charge in [-0.2, -0.15) is 0 Å². The molecule has 2 bridgehead atoms. The zero-order valence-corrected chi connectivity index (χ0v) is 9.90. The van der Waals surface area contributed by atoms with Crippen LogP contribution in [0.1, 0.15) is 46.1 Å². The van der Waals surface area contributed by atoms with Crippen molar-refractivity contribution in [3.63, 3.8) is 0 Å². The van der Waals surface area contributed by atoms with Gasteiger partial charge in [-0.05, 0) is 36.0 Å². The molecule has 82 valence electrons. The predicted molar refractivity (Wildman–Crippen MR) is 60.5 cm³/mol. The highest BCUT2D eigenvalue weighted by Crippen LogP contribution is 2.69. The van der Waals surface area contributed by atoms with Crippen LogP contribution in [0.15, 0.2) is 18.7 Å². The van der Waals surface area contributed by atoms with Crippen LogP contribution in [0.3, 0.4) is 0 Å². The van der Waals surface area contributed by atoms with E-state index >= 15 is 0 Å². The number of imidazole rings is 1. The predicted octanol–water partition coefficient (Wildman–Crippen LogP) is 3.27. The largest absolute Gasteiger partial charge is 0.334 e. The van der Waals surface area contributed by atoms with Gasteiger partial charge < -0.3 is 4.57 Å². The Hall–Kier alpha value is -0.790. The van der Waals surface area contributed by atoms with Crippen molar-refractivity contribution in [1.29, 1.82) is 0 Å². The van der Waals surface area contributed by atoms with Crippen LogP contribution in [0, 0.1) is 16.7 Å². The number of rotatable bonds is 1. The maximum absolute atomic E-state index is 4.19. The fourth-order valence-corrected chi connectivity index (χ4v) is 4.07. The van der Waals surface area contributed by atoms with E-state index in [1.54, 1.807) is 0 Å². The summed E-state index contributed by atoms with van der Waals surface area (Å²) in [6.45, 7) is 7.40. The molecule has 0 N–H and O–H groups in total. The molecule has 2 heteroatoms. The molecule has 2 fully saturated rings. The van der Waals surface area contributed by atoms with Gasteiger partial charge in [-0.25, -0.2) is 4.98 Å². The summed E-state index contributed by atoms with van der Waals surface area (Å²) in [5, 5.41) is 0. The van der Waals surface area contributed by atoms with E-state index < -0.39 is 0 Å². The molecule has 1 heterocycles. The third-order valence-electron chi connectivity index (χ3n) is 5.63. The molecule has 15 heavy (non-hydrogen) atoms. The molecule has 2 saturated carbocycles. The first-order valence-corrected chi connectivity index (χ1v) is 6.03. The van der Waals surface area contributed by atoms with Crippen molar-refractivity contribution in [1.82, 2.24) is 9.55 Å². The molecule has 1 unspecified atom stereocenters. The summed E-state index contributed by atoms with van der Waals surface area (Å²) in [5.74, 6) is 0.912. The van der Waals surface area contributed by atoms with Crippen molar-refractivity contribution in [2.45, 2.75) is 46.1 Å². The maximum atomic E-state index is 4.19. The molecule has 0 aliphatic heterocycles. The van der Waals surface area contributed by atoms with Gasteiger partial charge in [-0.1, -0.05) is 20.8 Å². The molecule has 2 aliphatic carbocycles. The fourth-order valence-electron chi connectivity index (χ4n) is 4.07. The highest BCUT2D eigenvalue weighted by molar-refractivity contribution is 5.12. The van der Waals surface area contributed by atoms with E-state index in [0.717, 1.165) is 5.92 Å². The molecule has 2 aliphatic rings. The lowest BCUT2D eigenvalue weighted by molar-refractivity contribution is 0.107. The van der Waals surface area contributed by atoms with Crippen LogP contribution in [0.2, 0.25) is 0 Å². The molecule has 2 nitrogen and oxygen atoms in total. The average Bonchev–Trinajstić information content (AvgIpc) is 2.80. The van der Waals surface area contributed by atoms with Crippen LogP contribution in [0.4, 0.5) is 0 Å². The topological polar surface area (TPSA) is 17.8 Å². The minimum atomic E-state index is 0.471. The first-order chi connectivity index (χ1) is 7.06. The van der Waals surface area contributed by atoms with E-state index in [2.05, 4.69) is 36.5 Å². The zero-order valence-electron chi connectivity index (χ0n) is 9.90. The maximum Gasteiger partial charge on any atom is 0.0948 e. The first-order valence-electron chi connectivity index (χ1n) is 6.03. The SMILES string of the molecule is CC1(C)[C@@H]2CC[C@]1(C)C(n1ccnc1)C2. The summed E-state index contributed by atoms with van der Waals surface area (Å²) < 4.78 is 2.33. The molecule has 0 amide bonds. The number of hydrogen-bond acceptors (Lipinski definition) is 1. The first kappa shape index (κ1) is 9.44. The smallest absolute Gasteiger partial charge is 0.0948 e. The van der Waals surface area contributed by atoms with E-state index in [0.29, 0.717) is 16.9 Å². The van der Waals surface area contributed by atoms with Gasteiger partial charge in [0.25, 0.3) is 0 Å². The van der Waals surface area contributed by atoms with E-state index in [-0.39, 0.29) is 0 Å². The van der Waals surface area contributed by atoms with Crippen LogP contribution in [0.25, 0.3) is 0 Å². The fraction of sp³-hybridized carbons (Fsp3) is 0.769. The molecule has 3 atom stereocenters. The Morgan fingerprint density at radius 1 is 1.33 bits per heavy atom. The van der Waals surface area contributed by atoms with Crippen molar-refractivity contribution < 1.29 is 0 Å². The van der Waals surface area contributed by atoms with Gasteiger partial charge in [0.05, 0.1) is 6.33 Å². The molecule has 3 rings (SSSR count). The van der Waals surface area contributed by atoms with Gasteiger partial charge in [0.1, 0.15) is 0 Å². The van der Waals surface area contributed by atoms with Gasteiger partial charge in [-0.3, -0.25) is 0 Å². The van der Waals surface area contributed by atoms with Crippen molar-refractivity contribution in [2.24, 2.45) is 16.7 Å². The summed E-state index contributed by atoms with van der Waals surface area (Å²) >= 11 is 0. The lowest BCUT2D eigenvalue weighted by atomic mass is 9.69. The van der Waals surface area contributed by atoms with E-state index in [1.807, 2.05) is 12.5 Å². The Morgan fingerprint density at radius 3 is 2.60 bits per heavy atom. The Labute approximate surface area is 91.7 Å². The van der Waals surface area contributed by atoms with Crippen LogP contribution >= 0.6 is 0 Å². The van der Waals surface area contributed by atoms with Crippen molar-refractivity contribution in [3.8, 4) is 0 Å². The Balaban J connectivity index is 2.03. The number of aromatic nitrogens is 2. The standard InChI is InChI=1S/C13H20N2/c1-12(2)10-4-5-13(12,3)11(8-10)15-7-6-14-9-15/h6-7,9-11H,4-5,8H2,1-3H3/t10-,11?,13-/m1/s1. The van der Waals surface area contributed by atoms with Gasteiger partial charge in [-0.15, -0.1) is 0 Å². The summed E-state index contributed by atoms with van der Waals surface area (Å²) in [6.07, 6.45) is 10.2. The monoisotopic (exact) mass is 204 g/mol. The van der Waals surface area contributed by atoms with E-state index in [1.165, 1.54) is 19.3 Å². The second-order valence-corrected chi connectivity index (χ2v) is 6.14. The van der Waals surface area contributed by atoms with Gasteiger partial charge >= 0.3 is 0 Å². The van der Waals surface area contributed by atoms with Crippen LogP contribution in [-0.4, -0.2) is 9.55 Å². The number of hydrogen-bond donors (Lipinski definition) is 0. The van der Waals surface area contributed by atoms with Crippen LogP contribution in [-0.2, 0) is 0 Å². The van der Waals surface area contributed by atoms with Crippen LogP contribution < -0.4 is 0 Å². The van der Waals surface area contributed by atoms with Crippen molar-refractivity contribution in [2.75, 3.05) is 0 Å². The molecule has 0 aromatic carbocycles. The van der Waals surface area contributed by atoms with E-state index in [9.17, 15) is 0 Å². The molecular formula is C13H20N2. The molecule has 0 spiro atoms. The second kappa shape index (κ2) is 2.66. The minimum absolute atomic E-state index is 0.471. The molecular weight excluding hydrogens is 184 g/mol. The Kier molecular flexibility index (Phi) is 1.67. The zero-order chi connectivity index (χ0) is 10.7. The Bertz CT molecular complexity index is 366. The van der Waals surface area contributed by atoms with E-state index in [4.69, 9.17) is 0 Å². The second-order valence-electron chi connectivity index (χ2n) is 6.14. The lowest BCUT2D eigenvalue weighted by Gasteiger charge is -2.39. The van der Waals surface area contributed by atoms with Gasteiger partial charge in [0.2, 0.25) is 0 Å². The summed E-state index contributed by atoms with van der Waals surface area (Å²) in [4.78, 5) is 4.19. The third kappa shape index (κ3) is 0.977. The normalized spacial score (nSPS) is 42.3. The quantitative estimate of drug-likeness (QED) is 0.686. The molecule has 1 aromatic rings. The third-order valence-corrected chi connectivity index (χ3v) is 5.63. The summed E-state index contributed by atoms with van der Waals surface area (Å²) in [7, 11) is 0. The van der Waals surface area contributed by atoms with Gasteiger partial charge in [0, 0.05) is 18.4 Å². The molecule has 0 radical (unpaired) electrons. The summed E-state index contributed by atoms with van der Waals surface area (Å²) in [5.41, 5.74) is 0.973. The lowest BCUT2D eigenvalue weighted by Crippen LogP contribution is -2.33. The molecule has 0 saturated heterocycles. The average molecular weight is 204 g/mol. The highest BCUT2D eigenvalue weighted by atomic mass is 15.1. The molecule has 1 aromatic heterocycles.